The molecule has 0 radical (unpaired) electrons. The maximum Gasteiger partial charge on any atom is 0.131 e. The molecule has 2 N–H and O–H groups in total. The first-order chi connectivity index (χ1) is 9.88. The van der Waals surface area contributed by atoms with E-state index in [1.54, 1.807) is 6.33 Å². The molecule has 20 heavy (non-hydrogen) atoms. The standard InChI is InChI=1S/C16H28N4/c1-2-3-8-11-17-15-12-16(19-13-18-15)20-14-9-6-4-5-7-10-14/h12-14H,2-11H2,1H3,(H2,17,18,19,20). The van der Waals surface area contributed by atoms with Gasteiger partial charge in [-0.1, -0.05) is 45.4 Å². The van der Waals surface area contributed by atoms with Gasteiger partial charge in [0.15, 0.2) is 0 Å². The smallest absolute Gasteiger partial charge is 0.131 e. The van der Waals surface area contributed by atoms with E-state index in [0.29, 0.717) is 6.04 Å². The summed E-state index contributed by atoms with van der Waals surface area (Å²) in [5.74, 6) is 1.90. The van der Waals surface area contributed by atoms with Gasteiger partial charge in [0.1, 0.15) is 18.0 Å². The molecule has 1 aromatic heterocycles. The van der Waals surface area contributed by atoms with E-state index in [-0.39, 0.29) is 0 Å². The summed E-state index contributed by atoms with van der Waals surface area (Å²) in [6.45, 7) is 3.22. The van der Waals surface area contributed by atoms with Gasteiger partial charge in [-0.3, -0.25) is 0 Å². The Morgan fingerprint density at radius 3 is 2.55 bits per heavy atom. The normalized spacial score (nSPS) is 16.6. The van der Waals surface area contributed by atoms with E-state index < -0.39 is 0 Å². The zero-order valence-electron chi connectivity index (χ0n) is 12.7. The Labute approximate surface area is 122 Å². The van der Waals surface area contributed by atoms with Crippen LogP contribution in [0.1, 0.15) is 64.7 Å². The second kappa shape index (κ2) is 8.77. The van der Waals surface area contributed by atoms with Gasteiger partial charge < -0.3 is 10.6 Å². The van der Waals surface area contributed by atoms with Gasteiger partial charge in [-0.15, -0.1) is 0 Å². The second-order valence-corrected chi connectivity index (χ2v) is 5.76. The molecule has 1 saturated carbocycles. The molecule has 0 spiro atoms. The Bertz CT molecular complexity index is 372. The predicted molar refractivity (Wildman–Crippen MR) is 85.2 cm³/mol. The summed E-state index contributed by atoms with van der Waals surface area (Å²) in [6, 6.07) is 2.62. The van der Waals surface area contributed by atoms with Crippen LogP contribution < -0.4 is 10.6 Å². The lowest BCUT2D eigenvalue weighted by Gasteiger charge is -2.17. The first-order valence-corrected chi connectivity index (χ1v) is 8.21. The average molecular weight is 276 g/mol. The second-order valence-electron chi connectivity index (χ2n) is 5.76. The van der Waals surface area contributed by atoms with Crippen molar-refractivity contribution >= 4 is 11.6 Å². The molecule has 1 aliphatic carbocycles. The third-order valence-corrected chi connectivity index (χ3v) is 3.96. The summed E-state index contributed by atoms with van der Waals surface area (Å²) in [4.78, 5) is 8.63. The van der Waals surface area contributed by atoms with E-state index >= 15 is 0 Å². The molecule has 4 nitrogen and oxygen atoms in total. The van der Waals surface area contributed by atoms with Gasteiger partial charge in [0, 0.05) is 18.7 Å². The van der Waals surface area contributed by atoms with E-state index in [1.807, 2.05) is 6.07 Å². The fraction of sp³-hybridized carbons (Fsp3) is 0.750. The van der Waals surface area contributed by atoms with Crippen molar-refractivity contribution in [3.05, 3.63) is 12.4 Å². The van der Waals surface area contributed by atoms with Crippen LogP contribution in [0.5, 0.6) is 0 Å². The minimum Gasteiger partial charge on any atom is -0.370 e. The van der Waals surface area contributed by atoms with Crippen LogP contribution in [0.15, 0.2) is 12.4 Å². The van der Waals surface area contributed by atoms with Crippen molar-refractivity contribution in [2.24, 2.45) is 0 Å². The highest BCUT2D eigenvalue weighted by Gasteiger charge is 2.12. The molecule has 0 atom stereocenters. The van der Waals surface area contributed by atoms with Gasteiger partial charge in [-0.2, -0.15) is 0 Å². The Kier molecular flexibility index (Phi) is 6.61. The number of nitrogens with one attached hydrogen (secondary N) is 2. The molecule has 0 aromatic carbocycles. The molecule has 0 unspecified atom stereocenters. The summed E-state index contributed by atoms with van der Waals surface area (Å²) in [6.07, 6.45) is 13.3. The van der Waals surface area contributed by atoms with Crippen LogP contribution in [0.4, 0.5) is 11.6 Å². The third-order valence-electron chi connectivity index (χ3n) is 3.96. The van der Waals surface area contributed by atoms with Crippen LogP contribution >= 0.6 is 0 Å². The van der Waals surface area contributed by atoms with Crippen molar-refractivity contribution in [1.29, 1.82) is 0 Å². The number of hydrogen-bond acceptors (Lipinski definition) is 4. The average Bonchev–Trinajstić information content (AvgIpc) is 2.73. The van der Waals surface area contributed by atoms with Crippen LogP contribution in [0, 0.1) is 0 Å². The number of anilines is 2. The number of unbranched alkanes of at least 4 members (excludes halogenated alkanes) is 2. The lowest BCUT2D eigenvalue weighted by molar-refractivity contribution is 0.617. The highest BCUT2D eigenvalue weighted by molar-refractivity contribution is 5.46. The number of nitrogens with zero attached hydrogens (tertiary/aromatic N) is 2. The summed E-state index contributed by atoms with van der Waals surface area (Å²) in [5, 5.41) is 6.95. The van der Waals surface area contributed by atoms with Crippen molar-refractivity contribution in [2.75, 3.05) is 17.2 Å². The van der Waals surface area contributed by atoms with Gasteiger partial charge in [0.05, 0.1) is 0 Å². The maximum atomic E-state index is 4.35. The molecule has 0 bridgehead atoms. The van der Waals surface area contributed by atoms with Gasteiger partial charge in [0.2, 0.25) is 0 Å². The SMILES string of the molecule is CCCCCNc1cc(NC2CCCCCC2)ncn1. The zero-order chi connectivity index (χ0) is 14.0. The van der Waals surface area contributed by atoms with Crippen molar-refractivity contribution in [2.45, 2.75) is 70.8 Å². The summed E-state index contributed by atoms with van der Waals surface area (Å²) in [7, 11) is 0. The van der Waals surface area contributed by atoms with Gasteiger partial charge in [-0.25, -0.2) is 9.97 Å². The largest absolute Gasteiger partial charge is 0.370 e. The molecule has 2 rings (SSSR count). The van der Waals surface area contributed by atoms with Crippen molar-refractivity contribution < 1.29 is 0 Å². The first kappa shape index (κ1) is 15.1. The first-order valence-electron chi connectivity index (χ1n) is 8.21. The van der Waals surface area contributed by atoms with E-state index in [2.05, 4.69) is 27.5 Å². The molecule has 4 heteroatoms. The molecule has 0 saturated heterocycles. The lowest BCUT2D eigenvalue weighted by atomic mass is 10.1. The fourth-order valence-electron chi connectivity index (χ4n) is 2.76. The Balaban J connectivity index is 1.81. The van der Waals surface area contributed by atoms with E-state index in [4.69, 9.17) is 0 Å². The van der Waals surface area contributed by atoms with E-state index in [1.165, 1.54) is 57.8 Å². The maximum absolute atomic E-state index is 4.35. The molecule has 112 valence electrons. The summed E-state index contributed by atoms with van der Waals surface area (Å²) < 4.78 is 0. The Morgan fingerprint density at radius 1 is 1.05 bits per heavy atom. The Hall–Kier alpha value is -1.32. The van der Waals surface area contributed by atoms with Crippen molar-refractivity contribution in [1.82, 2.24) is 9.97 Å². The van der Waals surface area contributed by atoms with Crippen molar-refractivity contribution in [3.63, 3.8) is 0 Å². The van der Waals surface area contributed by atoms with E-state index in [0.717, 1.165) is 18.2 Å². The number of rotatable bonds is 7. The molecule has 1 fully saturated rings. The lowest BCUT2D eigenvalue weighted by Crippen LogP contribution is -2.19. The topological polar surface area (TPSA) is 49.8 Å². The molecular formula is C16H28N4. The van der Waals surface area contributed by atoms with Crippen LogP contribution in [0.3, 0.4) is 0 Å². The van der Waals surface area contributed by atoms with Crippen LogP contribution in [0.25, 0.3) is 0 Å². The fourth-order valence-corrected chi connectivity index (χ4v) is 2.76. The van der Waals surface area contributed by atoms with Gasteiger partial charge in [-0.05, 0) is 19.3 Å². The molecule has 0 amide bonds. The van der Waals surface area contributed by atoms with Crippen LogP contribution in [-0.2, 0) is 0 Å². The summed E-state index contributed by atoms with van der Waals surface area (Å²) in [5.41, 5.74) is 0. The van der Waals surface area contributed by atoms with Crippen LogP contribution in [0.2, 0.25) is 0 Å². The third kappa shape index (κ3) is 5.35. The van der Waals surface area contributed by atoms with E-state index in [9.17, 15) is 0 Å². The summed E-state index contributed by atoms with van der Waals surface area (Å²) >= 11 is 0. The van der Waals surface area contributed by atoms with Crippen molar-refractivity contribution in [3.8, 4) is 0 Å². The molecule has 1 heterocycles. The number of hydrogen-bond donors (Lipinski definition) is 2. The molecule has 1 aliphatic rings. The number of aromatic nitrogens is 2. The highest BCUT2D eigenvalue weighted by atomic mass is 15.1. The molecule has 1 aromatic rings. The quantitative estimate of drug-likeness (QED) is 0.578. The van der Waals surface area contributed by atoms with Crippen LogP contribution in [-0.4, -0.2) is 22.6 Å². The molecular weight excluding hydrogens is 248 g/mol. The van der Waals surface area contributed by atoms with Gasteiger partial charge in [0.25, 0.3) is 0 Å². The highest BCUT2D eigenvalue weighted by Crippen LogP contribution is 2.20. The minimum absolute atomic E-state index is 0.584. The molecule has 0 aliphatic heterocycles. The Morgan fingerprint density at radius 2 is 1.80 bits per heavy atom. The minimum atomic E-state index is 0.584. The van der Waals surface area contributed by atoms with Gasteiger partial charge >= 0.3 is 0 Å². The predicted octanol–water partition coefficient (Wildman–Crippen LogP) is 4.21. The zero-order valence-corrected chi connectivity index (χ0v) is 12.7. The monoisotopic (exact) mass is 276 g/mol.